The van der Waals surface area contributed by atoms with Gasteiger partial charge in [0.2, 0.25) is 5.91 Å². The highest BCUT2D eigenvalue weighted by Crippen LogP contribution is 2.07. The molecule has 2 rings (SSSR count). The van der Waals surface area contributed by atoms with Crippen molar-refractivity contribution >= 4 is 11.8 Å². The Morgan fingerprint density at radius 3 is 1.73 bits per heavy atom. The fraction of sp³-hybridized carbons (Fsp3) is 0.440. The van der Waals surface area contributed by atoms with Crippen molar-refractivity contribution in [3.63, 3.8) is 0 Å². The summed E-state index contributed by atoms with van der Waals surface area (Å²) in [4.78, 5) is 21.2. The number of carbonyl (C=O) groups is 2. The molecule has 0 aromatic heterocycles. The summed E-state index contributed by atoms with van der Waals surface area (Å²) in [6.07, 6.45) is 2.52. The van der Waals surface area contributed by atoms with Crippen molar-refractivity contribution in [1.29, 1.82) is 0 Å². The number of benzene rings is 2. The topological polar surface area (TPSA) is 81.4 Å². The molecule has 0 radical (unpaired) electrons. The summed E-state index contributed by atoms with van der Waals surface area (Å²) in [6, 6.07) is 19.3. The molecular formula is C25H42N2O3. The molecule has 0 aliphatic carbocycles. The van der Waals surface area contributed by atoms with Gasteiger partial charge in [0.25, 0.3) is 5.91 Å². The zero-order valence-corrected chi connectivity index (χ0v) is 19.9. The van der Waals surface area contributed by atoms with Gasteiger partial charge in [-0.15, -0.1) is 0 Å². The van der Waals surface area contributed by atoms with Crippen LogP contribution in [0.5, 0.6) is 5.75 Å². The zero-order chi connectivity index (χ0) is 23.6. The average molecular weight is 419 g/mol. The summed E-state index contributed by atoms with van der Waals surface area (Å²) in [6.45, 7) is 11.9. The number of rotatable bonds is 7. The highest BCUT2D eigenvalue weighted by Gasteiger charge is 1.97. The van der Waals surface area contributed by atoms with E-state index in [0.29, 0.717) is 12.2 Å². The molecule has 2 aromatic rings. The first-order chi connectivity index (χ1) is 14.6. The maximum Gasteiger partial charge on any atom is 0.255 e. The van der Waals surface area contributed by atoms with E-state index in [1.165, 1.54) is 5.56 Å². The maximum atomic E-state index is 10.9. The molecule has 0 unspecified atom stereocenters. The lowest BCUT2D eigenvalue weighted by molar-refractivity contribution is -0.121. The number of nitrogens with one attached hydrogen (secondary N) is 1. The van der Waals surface area contributed by atoms with Crippen molar-refractivity contribution in [1.82, 2.24) is 5.32 Å². The van der Waals surface area contributed by atoms with Gasteiger partial charge in [0, 0.05) is 13.5 Å². The van der Waals surface area contributed by atoms with E-state index in [9.17, 15) is 9.59 Å². The van der Waals surface area contributed by atoms with Crippen molar-refractivity contribution in [2.24, 2.45) is 5.73 Å². The van der Waals surface area contributed by atoms with Crippen LogP contribution in [0.4, 0.5) is 0 Å². The molecule has 0 aliphatic rings. The summed E-state index contributed by atoms with van der Waals surface area (Å²) in [5.74, 6) is 0.316. The molecule has 0 bridgehead atoms. The van der Waals surface area contributed by atoms with Crippen LogP contribution in [0.2, 0.25) is 0 Å². The van der Waals surface area contributed by atoms with Gasteiger partial charge in [-0.1, -0.05) is 90.1 Å². The van der Waals surface area contributed by atoms with Crippen LogP contribution in [0.25, 0.3) is 0 Å². The molecule has 170 valence electrons. The van der Waals surface area contributed by atoms with E-state index in [1.807, 2.05) is 77.9 Å². The molecule has 0 atom stereocenters. The Bertz CT molecular complexity index is 602. The van der Waals surface area contributed by atoms with Gasteiger partial charge in [-0.3, -0.25) is 9.59 Å². The minimum absolute atomic E-state index is 0.0655. The number of nitrogens with two attached hydrogens (primary N) is 1. The van der Waals surface area contributed by atoms with E-state index in [2.05, 4.69) is 17.4 Å². The fourth-order valence-corrected chi connectivity index (χ4v) is 1.89. The van der Waals surface area contributed by atoms with Gasteiger partial charge < -0.3 is 15.8 Å². The zero-order valence-electron chi connectivity index (χ0n) is 19.9. The first-order valence-corrected chi connectivity index (χ1v) is 10.8. The number of hydrogen-bond donors (Lipinski definition) is 2. The molecule has 0 heterocycles. The summed E-state index contributed by atoms with van der Waals surface area (Å²) >= 11 is 0. The second-order valence-electron chi connectivity index (χ2n) is 5.08. The lowest BCUT2D eigenvalue weighted by atomic mass is 10.1. The molecule has 2 amide bonds. The Labute approximate surface area is 184 Å². The molecule has 0 saturated heterocycles. The first-order valence-electron chi connectivity index (χ1n) is 10.8. The van der Waals surface area contributed by atoms with Crippen LogP contribution in [0.15, 0.2) is 60.7 Å². The smallest absolute Gasteiger partial charge is 0.255 e. The molecular weight excluding hydrogens is 376 g/mol. The third kappa shape index (κ3) is 21.5. The number of para-hydroxylation sites is 1. The normalized spacial score (nSPS) is 8.10. The largest absolute Gasteiger partial charge is 0.484 e. The van der Waals surface area contributed by atoms with Crippen molar-refractivity contribution in [2.45, 2.75) is 60.8 Å². The molecule has 2 aromatic carbocycles. The maximum absolute atomic E-state index is 10.9. The Hall–Kier alpha value is -2.82. The van der Waals surface area contributed by atoms with E-state index in [1.54, 1.807) is 19.2 Å². The van der Waals surface area contributed by atoms with Crippen LogP contribution in [-0.4, -0.2) is 25.5 Å². The van der Waals surface area contributed by atoms with Gasteiger partial charge in [0.1, 0.15) is 5.75 Å². The van der Waals surface area contributed by atoms with E-state index < -0.39 is 5.91 Å². The molecule has 0 fully saturated rings. The van der Waals surface area contributed by atoms with Crippen molar-refractivity contribution in [2.75, 3.05) is 13.7 Å². The molecule has 0 spiro atoms. The summed E-state index contributed by atoms with van der Waals surface area (Å²) < 4.78 is 4.99. The van der Waals surface area contributed by atoms with Crippen molar-refractivity contribution in [3.8, 4) is 5.75 Å². The van der Waals surface area contributed by atoms with Gasteiger partial charge >= 0.3 is 0 Å². The lowest BCUT2D eigenvalue weighted by Crippen LogP contribution is -2.19. The Kier molecular flexibility index (Phi) is 27.8. The van der Waals surface area contributed by atoms with Crippen LogP contribution in [-0.2, 0) is 16.0 Å². The van der Waals surface area contributed by atoms with E-state index in [-0.39, 0.29) is 12.5 Å². The van der Waals surface area contributed by atoms with E-state index in [0.717, 1.165) is 12.8 Å². The third-order valence-corrected chi connectivity index (χ3v) is 3.12. The Morgan fingerprint density at radius 1 is 0.833 bits per heavy atom. The fourth-order valence-electron chi connectivity index (χ4n) is 1.89. The van der Waals surface area contributed by atoms with Gasteiger partial charge in [-0.25, -0.2) is 0 Å². The van der Waals surface area contributed by atoms with Crippen molar-refractivity contribution in [3.05, 3.63) is 66.2 Å². The highest BCUT2D eigenvalue weighted by molar-refractivity contribution is 5.75. The number of carbonyl (C=O) groups excluding carboxylic acids is 2. The van der Waals surface area contributed by atoms with Crippen molar-refractivity contribution < 1.29 is 14.3 Å². The number of ether oxygens (including phenoxy) is 1. The predicted molar refractivity (Wildman–Crippen MR) is 129 cm³/mol. The monoisotopic (exact) mass is 418 g/mol. The van der Waals surface area contributed by atoms with Gasteiger partial charge in [0.05, 0.1) is 0 Å². The second kappa shape index (κ2) is 26.2. The minimum Gasteiger partial charge on any atom is -0.484 e. The molecule has 5 heteroatoms. The van der Waals surface area contributed by atoms with Crippen LogP contribution in [0, 0.1) is 0 Å². The Morgan fingerprint density at radius 2 is 1.30 bits per heavy atom. The molecule has 0 saturated carbocycles. The van der Waals surface area contributed by atoms with Crippen LogP contribution in [0.1, 0.15) is 59.9 Å². The number of hydrogen-bond acceptors (Lipinski definition) is 3. The SMILES string of the molecule is CC.CC.CC.CNC(=O)CCCc1ccccc1.NC(=O)COc1ccccc1. The molecule has 0 aliphatic heterocycles. The lowest BCUT2D eigenvalue weighted by Gasteiger charge is -2.00. The number of aryl methyl sites for hydroxylation is 1. The standard InChI is InChI=1S/C11H15NO.C8H9NO2.3C2H6/c1-12-11(13)9-5-8-10-6-3-2-4-7-10;9-8(10)6-11-7-4-2-1-3-5-7;3*1-2/h2-4,6-7H,5,8-9H2,1H3,(H,12,13);1-5H,6H2,(H2,9,10);3*1-2H3. The first kappa shape index (κ1) is 31.9. The number of amides is 2. The number of primary amides is 1. The van der Waals surface area contributed by atoms with Crippen LogP contribution < -0.4 is 15.8 Å². The quantitative estimate of drug-likeness (QED) is 0.633. The van der Waals surface area contributed by atoms with Gasteiger partial charge in [-0.2, -0.15) is 0 Å². The highest BCUT2D eigenvalue weighted by atomic mass is 16.5. The summed E-state index contributed by atoms with van der Waals surface area (Å²) in [5.41, 5.74) is 6.17. The summed E-state index contributed by atoms with van der Waals surface area (Å²) in [5, 5.41) is 2.61. The van der Waals surface area contributed by atoms with E-state index >= 15 is 0 Å². The minimum atomic E-state index is -0.464. The van der Waals surface area contributed by atoms with E-state index in [4.69, 9.17) is 10.5 Å². The average Bonchev–Trinajstić information content (AvgIpc) is 2.83. The predicted octanol–water partition coefficient (Wildman–Crippen LogP) is 5.38. The van der Waals surface area contributed by atoms with Gasteiger partial charge in [-0.05, 0) is 30.5 Å². The second-order valence-corrected chi connectivity index (χ2v) is 5.08. The van der Waals surface area contributed by atoms with Gasteiger partial charge in [0.15, 0.2) is 6.61 Å². The third-order valence-electron chi connectivity index (χ3n) is 3.12. The summed E-state index contributed by atoms with van der Waals surface area (Å²) in [7, 11) is 1.67. The Balaban J connectivity index is -0.000000392. The van der Waals surface area contributed by atoms with Crippen LogP contribution >= 0.6 is 0 Å². The molecule has 5 nitrogen and oxygen atoms in total. The molecule has 30 heavy (non-hydrogen) atoms. The molecule has 3 N–H and O–H groups in total. The van der Waals surface area contributed by atoms with Crippen LogP contribution in [0.3, 0.4) is 0 Å².